The molecule has 0 heterocycles. The Morgan fingerprint density at radius 1 is 0.952 bits per heavy atom. The quantitative estimate of drug-likeness (QED) is 0.845. The molecular formula is C18H32N2O. The lowest BCUT2D eigenvalue weighted by molar-refractivity contribution is -0.142. The monoisotopic (exact) mass is 292 g/mol. The van der Waals surface area contributed by atoms with Crippen molar-refractivity contribution in [3.05, 3.63) is 0 Å². The van der Waals surface area contributed by atoms with Gasteiger partial charge in [-0.05, 0) is 63.3 Å². The molecule has 3 unspecified atom stereocenters. The van der Waals surface area contributed by atoms with Crippen molar-refractivity contribution in [2.24, 2.45) is 23.5 Å². The molecule has 0 aromatic carbocycles. The van der Waals surface area contributed by atoms with Gasteiger partial charge < -0.3 is 10.6 Å². The van der Waals surface area contributed by atoms with E-state index >= 15 is 0 Å². The predicted octanol–water partition coefficient (Wildman–Crippen LogP) is 3.32. The standard InChI is InChI=1S/C18H32N2O/c19-11-4-12-20(17-7-3-8-17)18(21)16-10-9-14-5-1-2-6-15(14)13-16/h14-17H,1-13,19H2. The van der Waals surface area contributed by atoms with E-state index in [1.54, 1.807) is 0 Å². The second kappa shape index (κ2) is 7.13. The highest BCUT2D eigenvalue weighted by molar-refractivity contribution is 5.79. The second-order valence-electron chi connectivity index (χ2n) is 7.57. The molecular weight excluding hydrogens is 260 g/mol. The molecule has 3 atom stereocenters. The van der Waals surface area contributed by atoms with Crippen molar-refractivity contribution in [1.29, 1.82) is 0 Å². The molecule has 0 bridgehead atoms. The Labute approximate surface area is 129 Å². The Hall–Kier alpha value is -0.570. The van der Waals surface area contributed by atoms with Gasteiger partial charge in [0.05, 0.1) is 0 Å². The van der Waals surface area contributed by atoms with Gasteiger partial charge in [0, 0.05) is 18.5 Å². The van der Waals surface area contributed by atoms with Crippen molar-refractivity contribution < 1.29 is 4.79 Å². The van der Waals surface area contributed by atoms with Crippen LogP contribution in [0.1, 0.15) is 70.6 Å². The Bertz CT molecular complexity index is 353. The molecule has 0 aromatic rings. The maximum absolute atomic E-state index is 13.0. The highest BCUT2D eigenvalue weighted by Crippen LogP contribution is 2.43. The molecule has 3 aliphatic rings. The van der Waals surface area contributed by atoms with Crippen molar-refractivity contribution in [2.45, 2.75) is 76.7 Å². The molecule has 0 saturated heterocycles. The molecule has 0 spiro atoms. The normalized spacial score (nSPS) is 33.1. The summed E-state index contributed by atoms with van der Waals surface area (Å²) in [4.78, 5) is 15.2. The number of fused-ring (bicyclic) bond motifs is 1. The first-order valence-corrected chi connectivity index (χ1v) is 9.30. The van der Waals surface area contributed by atoms with Crippen LogP contribution in [-0.2, 0) is 4.79 Å². The van der Waals surface area contributed by atoms with E-state index in [1.165, 1.54) is 57.8 Å². The number of hydrogen-bond donors (Lipinski definition) is 1. The van der Waals surface area contributed by atoms with Crippen LogP contribution in [0.4, 0.5) is 0 Å². The van der Waals surface area contributed by atoms with E-state index in [0.717, 1.165) is 31.2 Å². The minimum absolute atomic E-state index is 0.322. The number of amides is 1. The smallest absolute Gasteiger partial charge is 0.225 e. The van der Waals surface area contributed by atoms with Crippen molar-refractivity contribution in [1.82, 2.24) is 4.90 Å². The number of nitrogens with two attached hydrogens (primary N) is 1. The van der Waals surface area contributed by atoms with E-state index in [-0.39, 0.29) is 0 Å². The van der Waals surface area contributed by atoms with Crippen LogP contribution < -0.4 is 5.73 Å². The topological polar surface area (TPSA) is 46.3 Å². The summed E-state index contributed by atoms with van der Waals surface area (Å²) < 4.78 is 0. The maximum Gasteiger partial charge on any atom is 0.225 e. The summed E-state index contributed by atoms with van der Waals surface area (Å²) >= 11 is 0. The van der Waals surface area contributed by atoms with Gasteiger partial charge in [0.2, 0.25) is 5.91 Å². The van der Waals surface area contributed by atoms with Crippen LogP contribution in [0.25, 0.3) is 0 Å². The molecule has 21 heavy (non-hydrogen) atoms. The zero-order valence-electron chi connectivity index (χ0n) is 13.4. The molecule has 3 aliphatic carbocycles. The van der Waals surface area contributed by atoms with Gasteiger partial charge in [-0.25, -0.2) is 0 Å². The van der Waals surface area contributed by atoms with E-state index in [1.807, 2.05) is 0 Å². The SMILES string of the molecule is NCCCN(C(=O)C1CCC2CCCCC2C1)C1CCC1. The largest absolute Gasteiger partial charge is 0.339 e. The van der Waals surface area contributed by atoms with Gasteiger partial charge in [0.25, 0.3) is 0 Å². The minimum atomic E-state index is 0.322. The summed E-state index contributed by atoms with van der Waals surface area (Å²) in [6.07, 6.45) is 13.9. The second-order valence-corrected chi connectivity index (χ2v) is 7.57. The molecule has 3 rings (SSSR count). The number of rotatable bonds is 5. The Morgan fingerprint density at radius 2 is 1.71 bits per heavy atom. The molecule has 0 radical (unpaired) electrons. The summed E-state index contributed by atoms with van der Waals surface area (Å²) in [5.74, 6) is 2.57. The van der Waals surface area contributed by atoms with Gasteiger partial charge in [0.15, 0.2) is 0 Å². The van der Waals surface area contributed by atoms with Gasteiger partial charge in [-0.2, -0.15) is 0 Å². The van der Waals surface area contributed by atoms with E-state index in [4.69, 9.17) is 5.73 Å². The third-order valence-electron chi connectivity index (χ3n) is 6.29. The average molecular weight is 292 g/mol. The fourth-order valence-corrected chi connectivity index (χ4v) is 4.76. The minimum Gasteiger partial charge on any atom is -0.339 e. The lowest BCUT2D eigenvalue weighted by Crippen LogP contribution is -2.49. The summed E-state index contributed by atoms with van der Waals surface area (Å²) in [6.45, 7) is 1.59. The van der Waals surface area contributed by atoms with Crippen molar-refractivity contribution in [2.75, 3.05) is 13.1 Å². The zero-order valence-corrected chi connectivity index (χ0v) is 13.4. The third-order valence-corrected chi connectivity index (χ3v) is 6.29. The van der Waals surface area contributed by atoms with Gasteiger partial charge in [-0.1, -0.05) is 25.7 Å². The Balaban J connectivity index is 1.59. The molecule has 120 valence electrons. The summed E-state index contributed by atoms with van der Waals surface area (Å²) in [5, 5.41) is 0. The predicted molar refractivity (Wildman–Crippen MR) is 85.8 cm³/mol. The first-order valence-electron chi connectivity index (χ1n) is 9.30. The first kappa shape index (κ1) is 15.3. The van der Waals surface area contributed by atoms with Crippen LogP contribution in [-0.4, -0.2) is 29.9 Å². The molecule has 0 aliphatic heterocycles. The van der Waals surface area contributed by atoms with Crippen molar-refractivity contribution in [3.8, 4) is 0 Å². The van der Waals surface area contributed by atoms with Crippen LogP contribution in [0.15, 0.2) is 0 Å². The number of carbonyl (C=O) groups is 1. The molecule has 3 fully saturated rings. The van der Waals surface area contributed by atoms with Crippen LogP contribution in [0.2, 0.25) is 0 Å². The molecule has 3 nitrogen and oxygen atoms in total. The third kappa shape index (κ3) is 3.44. The summed E-state index contributed by atoms with van der Waals surface area (Å²) in [7, 11) is 0. The number of nitrogens with zero attached hydrogens (tertiary/aromatic N) is 1. The summed E-state index contributed by atoms with van der Waals surface area (Å²) in [6, 6.07) is 0.535. The Kier molecular flexibility index (Phi) is 5.20. The van der Waals surface area contributed by atoms with Gasteiger partial charge in [-0.15, -0.1) is 0 Å². The Morgan fingerprint density at radius 3 is 2.38 bits per heavy atom. The average Bonchev–Trinajstić information content (AvgIpc) is 2.48. The molecule has 2 N–H and O–H groups in total. The molecule has 0 aromatic heterocycles. The molecule has 3 saturated carbocycles. The fraction of sp³-hybridized carbons (Fsp3) is 0.944. The van der Waals surface area contributed by atoms with Gasteiger partial charge in [0.1, 0.15) is 0 Å². The zero-order chi connectivity index (χ0) is 14.7. The van der Waals surface area contributed by atoms with Gasteiger partial charge >= 0.3 is 0 Å². The van der Waals surface area contributed by atoms with E-state index in [2.05, 4.69) is 4.90 Å². The van der Waals surface area contributed by atoms with Crippen LogP contribution >= 0.6 is 0 Å². The van der Waals surface area contributed by atoms with E-state index in [9.17, 15) is 4.79 Å². The highest BCUT2D eigenvalue weighted by Gasteiger charge is 2.38. The lowest BCUT2D eigenvalue weighted by atomic mass is 9.67. The molecule has 1 amide bonds. The van der Waals surface area contributed by atoms with Crippen LogP contribution in [0, 0.1) is 17.8 Å². The van der Waals surface area contributed by atoms with Crippen LogP contribution in [0.5, 0.6) is 0 Å². The van der Waals surface area contributed by atoms with Gasteiger partial charge in [-0.3, -0.25) is 4.79 Å². The molecule has 3 heteroatoms. The number of hydrogen-bond acceptors (Lipinski definition) is 2. The highest BCUT2D eigenvalue weighted by atomic mass is 16.2. The van der Waals surface area contributed by atoms with Crippen molar-refractivity contribution >= 4 is 5.91 Å². The van der Waals surface area contributed by atoms with E-state index < -0.39 is 0 Å². The summed E-state index contributed by atoms with van der Waals surface area (Å²) in [5.41, 5.74) is 5.66. The van der Waals surface area contributed by atoms with E-state index in [0.29, 0.717) is 24.4 Å². The van der Waals surface area contributed by atoms with Crippen molar-refractivity contribution in [3.63, 3.8) is 0 Å². The fourth-order valence-electron chi connectivity index (χ4n) is 4.76. The lowest BCUT2D eigenvalue weighted by Gasteiger charge is -2.43. The number of carbonyl (C=O) groups excluding carboxylic acids is 1. The van der Waals surface area contributed by atoms with Crippen LogP contribution in [0.3, 0.4) is 0 Å². The first-order chi connectivity index (χ1) is 10.3. The maximum atomic E-state index is 13.0.